The second-order valence-corrected chi connectivity index (χ2v) is 6.89. The largest absolute Gasteiger partial charge is 0.508 e. The number of furan rings is 1. The number of aromatic hydroxyl groups is 1. The molecule has 2 N–H and O–H groups in total. The zero-order chi connectivity index (χ0) is 18.8. The van der Waals surface area contributed by atoms with Crippen LogP contribution >= 0.6 is 31.9 Å². The van der Waals surface area contributed by atoms with Gasteiger partial charge in [-0.15, -0.1) is 0 Å². The van der Waals surface area contributed by atoms with Crippen LogP contribution in [0, 0.1) is 10.1 Å². The molecule has 1 heterocycles. The SMILES string of the molecule is O=C(N/N=C\c1cc(O)ccc1[N+](=O)[O-])c1cc2cc(Br)cc(Br)c2o1. The maximum Gasteiger partial charge on any atom is 0.307 e. The quantitative estimate of drug-likeness (QED) is 0.326. The fraction of sp³-hybridized carbons (Fsp3) is 0. The number of rotatable bonds is 4. The average molecular weight is 483 g/mol. The normalized spacial score (nSPS) is 11.2. The van der Waals surface area contributed by atoms with Gasteiger partial charge in [0.05, 0.1) is 21.2 Å². The van der Waals surface area contributed by atoms with E-state index < -0.39 is 10.8 Å². The molecule has 0 saturated heterocycles. The topological polar surface area (TPSA) is 118 Å². The van der Waals surface area contributed by atoms with Gasteiger partial charge in [0.1, 0.15) is 11.3 Å². The standard InChI is InChI=1S/C16H9Br2N3O5/c17-10-3-8-5-14(26-15(8)12(18)6-10)16(23)20-19-7-9-4-11(22)1-2-13(9)21(24)25/h1-7,22H,(H,20,23)/b19-7-. The number of amides is 1. The van der Waals surface area contributed by atoms with E-state index in [4.69, 9.17) is 4.42 Å². The molecule has 3 rings (SSSR count). The van der Waals surface area contributed by atoms with Crippen LogP contribution in [0.3, 0.4) is 0 Å². The summed E-state index contributed by atoms with van der Waals surface area (Å²) >= 11 is 6.70. The number of nitro benzene ring substituents is 1. The Morgan fingerprint density at radius 3 is 2.77 bits per heavy atom. The molecule has 0 unspecified atom stereocenters. The zero-order valence-corrected chi connectivity index (χ0v) is 15.9. The van der Waals surface area contributed by atoms with Crippen LogP contribution in [0.25, 0.3) is 11.0 Å². The van der Waals surface area contributed by atoms with Gasteiger partial charge in [0, 0.05) is 15.9 Å². The van der Waals surface area contributed by atoms with E-state index in [1.807, 2.05) is 0 Å². The lowest BCUT2D eigenvalue weighted by Crippen LogP contribution is -2.16. The molecule has 0 atom stereocenters. The van der Waals surface area contributed by atoms with Crippen molar-refractivity contribution in [2.45, 2.75) is 0 Å². The first-order valence-electron chi connectivity index (χ1n) is 7.04. The first kappa shape index (κ1) is 18.1. The Morgan fingerprint density at radius 1 is 1.27 bits per heavy atom. The number of hydrazone groups is 1. The van der Waals surface area contributed by atoms with Gasteiger partial charge >= 0.3 is 5.91 Å². The van der Waals surface area contributed by atoms with Crippen molar-refractivity contribution in [3.8, 4) is 5.75 Å². The van der Waals surface area contributed by atoms with E-state index in [1.165, 1.54) is 12.1 Å². The molecule has 132 valence electrons. The van der Waals surface area contributed by atoms with Gasteiger partial charge in [-0.1, -0.05) is 15.9 Å². The molecule has 0 aliphatic heterocycles. The third-order valence-corrected chi connectivity index (χ3v) is 4.38. The number of carbonyl (C=O) groups excluding carboxylic acids is 1. The first-order valence-corrected chi connectivity index (χ1v) is 8.63. The summed E-state index contributed by atoms with van der Waals surface area (Å²) in [6.07, 6.45) is 1.07. The number of benzene rings is 2. The highest BCUT2D eigenvalue weighted by atomic mass is 79.9. The van der Waals surface area contributed by atoms with Gasteiger partial charge in [-0.2, -0.15) is 5.10 Å². The molecule has 0 aliphatic rings. The summed E-state index contributed by atoms with van der Waals surface area (Å²) in [5, 5.41) is 24.8. The Balaban J connectivity index is 1.81. The number of carbonyl (C=O) groups is 1. The molecule has 3 aromatic rings. The van der Waals surface area contributed by atoms with Gasteiger partial charge in [0.25, 0.3) is 5.69 Å². The monoisotopic (exact) mass is 481 g/mol. The Hall–Kier alpha value is -2.72. The van der Waals surface area contributed by atoms with Crippen LogP contribution in [-0.4, -0.2) is 22.2 Å². The van der Waals surface area contributed by atoms with Crippen molar-refractivity contribution in [3.05, 3.63) is 66.8 Å². The van der Waals surface area contributed by atoms with Gasteiger partial charge in [-0.25, -0.2) is 5.43 Å². The van der Waals surface area contributed by atoms with Crippen molar-refractivity contribution < 1.29 is 19.2 Å². The van der Waals surface area contributed by atoms with Crippen molar-refractivity contribution in [3.63, 3.8) is 0 Å². The molecule has 0 radical (unpaired) electrons. The zero-order valence-electron chi connectivity index (χ0n) is 12.8. The molecule has 0 bridgehead atoms. The molecule has 1 aromatic heterocycles. The predicted octanol–water partition coefficient (Wildman–Crippen LogP) is 4.34. The lowest BCUT2D eigenvalue weighted by molar-refractivity contribution is -0.385. The van der Waals surface area contributed by atoms with E-state index in [1.54, 1.807) is 18.2 Å². The second kappa shape index (κ2) is 7.26. The molecular weight excluding hydrogens is 474 g/mol. The summed E-state index contributed by atoms with van der Waals surface area (Å²) < 4.78 is 7.00. The Kier molecular flexibility index (Phi) is 5.05. The van der Waals surface area contributed by atoms with Crippen LogP contribution in [0.5, 0.6) is 5.75 Å². The predicted molar refractivity (Wildman–Crippen MR) is 101 cm³/mol. The third-order valence-electron chi connectivity index (χ3n) is 3.34. The molecule has 1 amide bonds. The fourth-order valence-corrected chi connectivity index (χ4v) is 3.55. The fourth-order valence-electron chi connectivity index (χ4n) is 2.21. The van der Waals surface area contributed by atoms with Crippen LogP contribution in [-0.2, 0) is 0 Å². The number of nitrogens with one attached hydrogen (secondary N) is 1. The minimum Gasteiger partial charge on any atom is -0.508 e. The van der Waals surface area contributed by atoms with Gasteiger partial charge in [-0.05, 0) is 46.3 Å². The number of phenolic OH excluding ortho intramolecular Hbond substituents is 1. The number of phenols is 1. The Bertz CT molecular complexity index is 1060. The number of nitrogens with zero attached hydrogens (tertiary/aromatic N) is 2. The Morgan fingerprint density at radius 2 is 2.04 bits per heavy atom. The number of nitro groups is 1. The molecule has 0 spiro atoms. The lowest BCUT2D eigenvalue weighted by Gasteiger charge is -1.99. The van der Waals surface area contributed by atoms with Crippen LogP contribution in [0.4, 0.5) is 5.69 Å². The number of hydrogen-bond donors (Lipinski definition) is 2. The van der Waals surface area contributed by atoms with Crippen molar-refractivity contribution in [2.75, 3.05) is 0 Å². The molecule has 0 saturated carbocycles. The van der Waals surface area contributed by atoms with Crippen LogP contribution < -0.4 is 5.43 Å². The van der Waals surface area contributed by atoms with Crippen LogP contribution in [0.2, 0.25) is 0 Å². The molecule has 26 heavy (non-hydrogen) atoms. The lowest BCUT2D eigenvalue weighted by atomic mass is 10.2. The van der Waals surface area contributed by atoms with Gasteiger partial charge in [0.2, 0.25) is 0 Å². The van der Waals surface area contributed by atoms with Crippen molar-refractivity contribution in [1.29, 1.82) is 0 Å². The molecule has 8 nitrogen and oxygen atoms in total. The average Bonchev–Trinajstić information content (AvgIpc) is 2.99. The molecular formula is C16H9Br2N3O5. The first-order chi connectivity index (χ1) is 12.3. The van der Waals surface area contributed by atoms with E-state index in [0.717, 1.165) is 16.8 Å². The van der Waals surface area contributed by atoms with E-state index in [2.05, 4.69) is 42.4 Å². The second-order valence-electron chi connectivity index (χ2n) is 5.12. The van der Waals surface area contributed by atoms with E-state index in [9.17, 15) is 20.0 Å². The highest BCUT2D eigenvalue weighted by Crippen LogP contribution is 2.31. The molecule has 2 aromatic carbocycles. The molecule has 0 fully saturated rings. The minimum absolute atomic E-state index is 0.0290. The van der Waals surface area contributed by atoms with E-state index in [-0.39, 0.29) is 22.8 Å². The summed E-state index contributed by atoms with van der Waals surface area (Å²) in [6.45, 7) is 0. The maximum atomic E-state index is 12.2. The number of hydrogen-bond acceptors (Lipinski definition) is 6. The highest BCUT2D eigenvalue weighted by Gasteiger charge is 2.15. The van der Waals surface area contributed by atoms with Gasteiger partial charge in [-0.3, -0.25) is 14.9 Å². The van der Waals surface area contributed by atoms with Gasteiger partial charge < -0.3 is 9.52 Å². The van der Waals surface area contributed by atoms with Gasteiger partial charge in [0.15, 0.2) is 5.76 Å². The Labute approximate surface area is 162 Å². The maximum absolute atomic E-state index is 12.2. The molecule has 0 aliphatic carbocycles. The summed E-state index contributed by atoms with van der Waals surface area (Å²) in [7, 11) is 0. The number of halogens is 2. The van der Waals surface area contributed by atoms with Crippen LogP contribution in [0.1, 0.15) is 16.1 Å². The van der Waals surface area contributed by atoms with Crippen molar-refractivity contribution in [1.82, 2.24) is 5.43 Å². The van der Waals surface area contributed by atoms with Crippen molar-refractivity contribution >= 4 is 60.6 Å². The van der Waals surface area contributed by atoms with Crippen LogP contribution in [0.15, 0.2) is 54.9 Å². The van der Waals surface area contributed by atoms with E-state index >= 15 is 0 Å². The number of fused-ring (bicyclic) bond motifs is 1. The smallest absolute Gasteiger partial charge is 0.307 e. The summed E-state index contributed by atoms with van der Waals surface area (Å²) in [5.74, 6) is -0.749. The summed E-state index contributed by atoms with van der Waals surface area (Å²) in [5.41, 5.74) is 2.54. The summed E-state index contributed by atoms with van der Waals surface area (Å²) in [6, 6.07) is 8.63. The molecule has 10 heteroatoms. The van der Waals surface area contributed by atoms with E-state index in [0.29, 0.717) is 15.4 Å². The van der Waals surface area contributed by atoms with Crippen molar-refractivity contribution in [2.24, 2.45) is 5.10 Å². The minimum atomic E-state index is -0.622. The summed E-state index contributed by atoms with van der Waals surface area (Å²) in [4.78, 5) is 22.5. The third kappa shape index (κ3) is 3.75. The highest BCUT2D eigenvalue weighted by molar-refractivity contribution is 9.11.